The number of aryl methyl sites for hydroxylation is 2. The third kappa shape index (κ3) is 10.2. The van der Waals surface area contributed by atoms with E-state index >= 15 is 0 Å². The number of para-hydroxylation sites is 3. The van der Waals surface area contributed by atoms with Gasteiger partial charge in [0.15, 0.2) is 0 Å². The van der Waals surface area contributed by atoms with Crippen molar-refractivity contribution in [3.63, 3.8) is 0 Å². The number of hydrogen-bond acceptors (Lipinski definition) is 2. The average molecular weight is 1310 g/mol. The van der Waals surface area contributed by atoms with Crippen LogP contribution < -0.4 is 9.30 Å². The highest BCUT2D eigenvalue weighted by molar-refractivity contribution is 6.12. The molecule has 6 nitrogen and oxygen atoms in total. The van der Waals surface area contributed by atoms with E-state index in [1.54, 1.807) is 18.2 Å². The van der Waals surface area contributed by atoms with Crippen LogP contribution in [0.25, 0.3) is 133 Å². The van der Waals surface area contributed by atoms with Gasteiger partial charge >= 0.3 is 0 Å². The van der Waals surface area contributed by atoms with Gasteiger partial charge in [-0.1, -0.05) is 223 Å². The van der Waals surface area contributed by atoms with Crippen molar-refractivity contribution >= 4 is 54.6 Å². The maximum atomic E-state index is 9.26. The number of nitrogens with zero attached hydrogens (tertiary/aromatic N) is 5. The molecule has 17 rings (SSSR count). The van der Waals surface area contributed by atoms with Crippen LogP contribution in [0.5, 0.6) is 11.5 Å². The molecule has 0 spiro atoms. The first-order valence-corrected chi connectivity index (χ1v) is 35.3. The summed E-state index contributed by atoms with van der Waals surface area (Å²) in [7, 11) is 0. The van der Waals surface area contributed by atoms with Gasteiger partial charge in [0.05, 0.1) is 50.2 Å². The molecule has 5 heterocycles. The lowest BCUT2D eigenvalue weighted by Gasteiger charge is -2.42. The largest absolute Gasteiger partial charge is 0.458 e. The summed E-state index contributed by atoms with van der Waals surface area (Å²) in [6.07, 6.45) is 8.02. The fourth-order valence-electron chi connectivity index (χ4n) is 16.1. The fourth-order valence-corrected chi connectivity index (χ4v) is 16.1. The summed E-state index contributed by atoms with van der Waals surface area (Å²) in [5.74, 6) is 2.10. The summed E-state index contributed by atoms with van der Waals surface area (Å²) < 4.78 is 71.7. The molecule has 0 saturated carbocycles. The maximum Gasteiger partial charge on any atom is 0.269 e. The van der Waals surface area contributed by atoms with E-state index in [1.807, 2.05) is 12.3 Å². The lowest BCUT2D eigenvalue weighted by atomic mass is 9.62. The topological polar surface area (TPSA) is 40.8 Å². The van der Waals surface area contributed by atoms with Gasteiger partial charge < -0.3 is 9.30 Å². The lowest BCUT2D eigenvalue weighted by molar-refractivity contribution is -0.571. The Bertz CT molecular complexity index is 6050. The van der Waals surface area contributed by atoms with E-state index in [0.717, 1.165) is 129 Å². The second-order valence-electron chi connectivity index (χ2n) is 32.5. The third-order valence-electron chi connectivity index (χ3n) is 21.8. The molecule has 1 aliphatic heterocycles. The number of pyridine rings is 1. The van der Waals surface area contributed by atoms with Gasteiger partial charge in [-0.2, -0.15) is 0 Å². The lowest BCUT2D eigenvalue weighted by Crippen LogP contribution is -2.34. The summed E-state index contributed by atoms with van der Waals surface area (Å²) in [5, 5.41) is 4.25. The first-order chi connectivity index (χ1) is 50.2. The summed E-state index contributed by atoms with van der Waals surface area (Å²) in [5.41, 5.74) is 21.4. The van der Waals surface area contributed by atoms with Crippen LogP contribution in [0.4, 0.5) is 0 Å². The molecular weight excluding hydrogens is 1220 g/mol. The van der Waals surface area contributed by atoms with Crippen LogP contribution in [0.15, 0.2) is 231 Å². The zero-order valence-electron chi connectivity index (χ0n) is 65.5. The van der Waals surface area contributed by atoms with E-state index in [9.17, 15) is 8.22 Å². The van der Waals surface area contributed by atoms with Crippen molar-refractivity contribution in [2.24, 2.45) is 0 Å². The molecule has 0 atom stereocenters. The van der Waals surface area contributed by atoms with Gasteiger partial charge in [-0.25, -0.2) is 4.98 Å². The van der Waals surface area contributed by atoms with E-state index < -0.39 is 13.7 Å². The minimum Gasteiger partial charge on any atom is -0.458 e. The minimum atomic E-state index is -2.71. The monoisotopic (exact) mass is 1310 g/mol. The zero-order chi connectivity index (χ0) is 74.3. The highest BCUT2D eigenvalue weighted by atomic mass is 16.5. The molecule has 0 N–H and O–H groups in total. The predicted octanol–water partition coefficient (Wildman–Crippen LogP) is 24.6. The highest BCUT2D eigenvalue weighted by Gasteiger charge is 2.40. The molecule has 4 aromatic heterocycles. The predicted molar refractivity (Wildman–Crippen MR) is 418 cm³/mol. The second-order valence-corrected chi connectivity index (χ2v) is 32.5. The molecule has 494 valence electrons. The van der Waals surface area contributed by atoms with Gasteiger partial charge in [-0.3, -0.25) is 13.7 Å². The first-order valence-electron chi connectivity index (χ1n) is 38.3. The zero-order valence-corrected chi connectivity index (χ0v) is 59.5. The van der Waals surface area contributed by atoms with Crippen molar-refractivity contribution in [1.82, 2.24) is 18.7 Å². The number of fused-ring (bicyclic) bond motifs is 14. The molecule has 0 unspecified atom stereocenters. The van der Waals surface area contributed by atoms with Crippen molar-refractivity contribution in [1.29, 1.82) is 0 Å². The Morgan fingerprint density at radius 3 is 1.57 bits per heavy atom. The Kier molecular flexibility index (Phi) is 12.7. The maximum absolute atomic E-state index is 9.26. The Morgan fingerprint density at radius 2 is 0.960 bits per heavy atom. The molecule has 100 heavy (non-hydrogen) atoms. The Morgan fingerprint density at radius 1 is 0.430 bits per heavy atom. The van der Waals surface area contributed by atoms with Crippen LogP contribution in [0.2, 0.25) is 0 Å². The van der Waals surface area contributed by atoms with Crippen molar-refractivity contribution in [2.45, 2.75) is 144 Å². The molecule has 0 amide bonds. The number of ether oxygens (including phenoxy) is 1. The van der Waals surface area contributed by atoms with E-state index in [-0.39, 0.29) is 43.8 Å². The van der Waals surface area contributed by atoms with E-state index in [1.165, 1.54) is 27.8 Å². The number of aromatic nitrogens is 5. The Labute approximate surface area is 597 Å². The van der Waals surface area contributed by atoms with Crippen molar-refractivity contribution < 1.29 is 17.5 Å². The third-order valence-corrected chi connectivity index (χ3v) is 21.8. The Hall–Kier alpha value is -10.6. The second kappa shape index (κ2) is 22.5. The minimum absolute atomic E-state index is 0.0423. The standard InChI is InChI=1S/C94H87N5O/c1-57-26-24-27-58(2)87(57)61-47-77-75-55-79-78(93(12,13)41-42-94(79,14)15)54-74(75)68-30-16-17-31-69(68)76-46-60(59-44-63(91(6,7)8)50-64(45-59)92(9,10)11)48-84-88(76)97(89(77)85(49-61)98-80-35-21-18-32-70(80)71-33-19-22-36-81(71)98)56-96(84)65-28-25-29-66(52-65)100-67-38-39-73-72-34-20-23-37-82(72)99(83(73)53-67)86-51-62(40-43-95-86)90(3,4)5/h16-40,43-55H,41-42H2,1-15H3/i1D3,2D3. The van der Waals surface area contributed by atoms with Gasteiger partial charge in [0.1, 0.15) is 17.3 Å². The van der Waals surface area contributed by atoms with Gasteiger partial charge in [-0.05, 0) is 233 Å². The van der Waals surface area contributed by atoms with Crippen LogP contribution in [-0.4, -0.2) is 18.7 Å². The average Bonchev–Trinajstić information content (AvgIpc) is 1.47. The van der Waals surface area contributed by atoms with Crippen molar-refractivity contribution in [3.05, 3.63) is 276 Å². The van der Waals surface area contributed by atoms with E-state index in [4.69, 9.17) is 9.72 Å². The smallest absolute Gasteiger partial charge is 0.269 e. The van der Waals surface area contributed by atoms with Gasteiger partial charge in [0.2, 0.25) is 0 Å². The van der Waals surface area contributed by atoms with Crippen LogP contribution in [0.3, 0.4) is 0 Å². The number of benzene rings is 11. The molecule has 6 heteroatoms. The molecule has 0 fully saturated rings. The summed E-state index contributed by atoms with van der Waals surface area (Å²) in [6, 6.07) is 78.8. The number of hydrogen-bond donors (Lipinski definition) is 0. The molecule has 0 radical (unpaired) electrons. The SMILES string of the molecule is [2H]C([2H])([2H])c1cccc(C([2H])([2H])[2H])c1-c1cc2c(c(-n3c4ccccc4c4ccccc43)c1)-[n+]1[c-]n(-c3cccc(Oc4ccc5c6ccccc6n(-c6cc(C(C)(C)C)ccn6)c5c4)c3)c3cc(-c4cc(C(C)(C)C)cc(C(C)(C)C)c4)cc(c31)-c1ccccc1-c1cc3c(cc1-2)C(C)(C)CCC3(C)C. The quantitative estimate of drug-likeness (QED) is 0.118. The highest BCUT2D eigenvalue weighted by Crippen LogP contribution is 2.54. The molecular formula is C94H87N5O. The van der Waals surface area contributed by atoms with Gasteiger partial charge in [-0.15, -0.1) is 0 Å². The molecule has 2 aliphatic rings. The van der Waals surface area contributed by atoms with Crippen molar-refractivity contribution in [3.8, 4) is 90.0 Å². The van der Waals surface area contributed by atoms with Crippen LogP contribution in [0.1, 0.15) is 150 Å². The van der Waals surface area contributed by atoms with Crippen molar-refractivity contribution in [2.75, 3.05) is 0 Å². The van der Waals surface area contributed by atoms with E-state index in [0.29, 0.717) is 22.7 Å². The molecule has 1 aliphatic carbocycles. The summed E-state index contributed by atoms with van der Waals surface area (Å²) in [4.78, 5) is 5.00. The molecule has 15 aromatic rings. The van der Waals surface area contributed by atoms with Gasteiger partial charge in [0.25, 0.3) is 6.33 Å². The summed E-state index contributed by atoms with van der Waals surface area (Å²) in [6.45, 7) is 24.5. The normalized spacial score (nSPS) is 15.4. The van der Waals surface area contributed by atoms with E-state index in [2.05, 4.69) is 315 Å². The molecule has 11 aromatic carbocycles. The molecule has 0 saturated heterocycles. The van der Waals surface area contributed by atoms with Gasteiger partial charge in [0, 0.05) is 42.0 Å². The first kappa shape index (κ1) is 56.3. The fraction of sp³-hybridized carbons (Fsp3) is 0.234. The van der Waals surface area contributed by atoms with Crippen LogP contribution >= 0.6 is 0 Å². The van der Waals surface area contributed by atoms with Crippen LogP contribution in [-0.2, 0) is 27.1 Å². The Balaban J connectivity index is 1.02. The molecule has 0 bridgehead atoms. The van der Waals surface area contributed by atoms with Crippen LogP contribution in [0, 0.1) is 20.0 Å². The number of imidazole rings is 1. The summed E-state index contributed by atoms with van der Waals surface area (Å²) >= 11 is 0. The number of rotatable bonds is 7.